The monoisotopic (exact) mass is 289 g/mol. The molecule has 7 heteroatoms. The van der Waals surface area contributed by atoms with Gasteiger partial charge in [-0.05, 0) is 28.1 Å². The summed E-state index contributed by atoms with van der Waals surface area (Å²) in [7, 11) is 5.64. The summed E-state index contributed by atoms with van der Waals surface area (Å²) in [5.41, 5.74) is 0. The smallest absolute Gasteiger partial charge is 0.320 e. The van der Waals surface area contributed by atoms with Crippen molar-refractivity contribution in [3.8, 4) is 0 Å². The third-order valence-electron chi connectivity index (χ3n) is 2.84. The molecule has 1 N–H and O–H groups in total. The van der Waals surface area contributed by atoms with Gasteiger partial charge in [-0.3, -0.25) is 19.4 Å². The molecule has 0 aliphatic heterocycles. The third-order valence-corrected chi connectivity index (χ3v) is 2.84. The number of nitrogens with zero attached hydrogens (tertiary/aromatic N) is 3. The Morgan fingerprint density at radius 2 is 1.35 bits per heavy atom. The topological polar surface area (TPSA) is 73.3 Å². The standard InChI is InChI=1S/C13H27N3O4/c1-5-20-13(19)11-16(4)9-7-14(2)6-8-15(3)10-12(17)18/h5-11H2,1-4H3,(H,17,18). The first-order valence-electron chi connectivity index (χ1n) is 6.78. The molecule has 0 atom stereocenters. The van der Waals surface area contributed by atoms with Crippen molar-refractivity contribution in [2.45, 2.75) is 6.92 Å². The van der Waals surface area contributed by atoms with Crippen molar-refractivity contribution in [2.24, 2.45) is 0 Å². The average molecular weight is 289 g/mol. The molecule has 0 rings (SSSR count). The molecule has 0 aromatic rings. The predicted octanol–water partition coefficient (Wildman–Crippen LogP) is -0.570. The van der Waals surface area contributed by atoms with E-state index in [9.17, 15) is 9.59 Å². The van der Waals surface area contributed by atoms with Gasteiger partial charge < -0.3 is 14.7 Å². The van der Waals surface area contributed by atoms with Crippen LogP contribution in [-0.4, -0.2) is 98.8 Å². The van der Waals surface area contributed by atoms with Crippen molar-refractivity contribution in [2.75, 3.05) is 67.0 Å². The molecule has 0 bridgehead atoms. The maximum Gasteiger partial charge on any atom is 0.320 e. The Bertz CT molecular complexity index is 299. The highest BCUT2D eigenvalue weighted by Crippen LogP contribution is 1.91. The molecular formula is C13H27N3O4. The summed E-state index contributed by atoms with van der Waals surface area (Å²) in [5, 5.41) is 8.65. The number of carbonyl (C=O) groups is 2. The number of esters is 1. The average Bonchev–Trinajstić information content (AvgIpc) is 2.33. The zero-order valence-electron chi connectivity index (χ0n) is 13.0. The molecule has 0 aromatic carbocycles. The fraction of sp³-hybridized carbons (Fsp3) is 0.846. The van der Waals surface area contributed by atoms with Gasteiger partial charge in [0.1, 0.15) is 0 Å². The van der Waals surface area contributed by atoms with Gasteiger partial charge in [-0.1, -0.05) is 0 Å². The van der Waals surface area contributed by atoms with Crippen molar-refractivity contribution in [3.63, 3.8) is 0 Å². The minimum Gasteiger partial charge on any atom is -0.480 e. The van der Waals surface area contributed by atoms with Crippen molar-refractivity contribution in [3.05, 3.63) is 0 Å². The molecule has 0 saturated heterocycles. The van der Waals surface area contributed by atoms with Crippen LogP contribution in [0.4, 0.5) is 0 Å². The molecule has 0 spiro atoms. The summed E-state index contributed by atoms with van der Waals surface area (Å²) in [6.07, 6.45) is 0. The lowest BCUT2D eigenvalue weighted by Crippen LogP contribution is -2.38. The minimum atomic E-state index is -0.815. The first-order valence-corrected chi connectivity index (χ1v) is 6.78. The van der Waals surface area contributed by atoms with E-state index in [1.54, 1.807) is 18.9 Å². The van der Waals surface area contributed by atoms with E-state index in [4.69, 9.17) is 9.84 Å². The Morgan fingerprint density at radius 3 is 1.80 bits per heavy atom. The van der Waals surface area contributed by atoms with Gasteiger partial charge in [-0.2, -0.15) is 0 Å². The number of carboxylic acid groups (broad SMARTS) is 1. The van der Waals surface area contributed by atoms with Crippen LogP contribution in [0.25, 0.3) is 0 Å². The third kappa shape index (κ3) is 10.7. The van der Waals surface area contributed by atoms with E-state index in [1.165, 1.54) is 0 Å². The van der Waals surface area contributed by atoms with Gasteiger partial charge >= 0.3 is 11.9 Å². The number of hydrogen-bond acceptors (Lipinski definition) is 6. The zero-order chi connectivity index (χ0) is 15.5. The van der Waals surface area contributed by atoms with Crippen LogP contribution in [0.3, 0.4) is 0 Å². The molecule has 0 heterocycles. The summed E-state index contributed by atoms with van der Waals surface area (Å²) >= 11 is 0. The first-order chi connectivity index (χ1) is 9.35. The first kappa shape index (κ1) is 18.8. The summed E-state index contributed by atoms with van der Waals surface area (Å²) in [6.45, 7) is 5.61. The Labute approximate surface area is 121 Å². The number of rotatable bonds is 11. The van der Waals surface area contributed by atoms with Crippen LogP contribution in [0, 0.1) is 0 Å². The van der Waals surface area contributed by atoms with Gasteiger partial charge in [-0.15, -0.1) is 0 Å². The van der Waals surface area contributed by atoms with Crippen LogP contribution in [0.5, 0.6) is 0 Å². The van der Waals surface area contributed by atoms with E-state index < -0.39 is 5.97 Å². The molecular weight excluding hydrogens is 262 g/mol. The molecule has 0 aliphatic carbocycles. The van der Waals surface area contributed by atoms with E-state index in [0.717, 1.165) is 19.6 Å². The molecule has 0 unspecified atom stereocenters. The van der Waals surface area contributed by atoms with Gasteiger partial charge in [0, 0.05) is 26.2 Å². The molecule has 118 valence electrons. The summed E-state index contributed by atoms with van der Waals surface area (Å²) in [6, 6.07) is 0. The van der Waals surface area contributed by atoms with E-state index in [0.29, 0.717) is 19.7 Å². The molecule has 0 aliphatic rings. The Balaban J connectivity index is 3.73. The summed E-state index contributed by atoms with van der Waals surface area (Å²) in [5.74, 6) is -1.02. The highest BCUT2D eigenvalue weighted by molar-refractivity contribution is 5.71. The molecule has 20 heavy (non-hydrogen) atoms. The largest absolute Gasteiger partial charge is 0.480 e. The maximum atomic E-state index is 11.3. The minimum absolute atomic E-state index is 0.0522. The zero-order valence-corrected chi connectivity index (χ0v) is 13.0. The Morgan fingerprint density at radius 1 is 0.900 bits per heavy atom. The van der Waals surface area contributed by atoms with E-state index >= 15 is 0 Å². The Kier molecular flexibility index (Phi) is 9.96. The fourth-order valence-corrected chi connectivity index (χ4v) is 1.61. The lowest BCUT2D eigenvalue weighted by atomic mass is 10.4. The van der Waals surface area contributed by atoms with E-state index in [-0.39, 0.29) is 12.5 Å². The number of likely N-dealkylation sites (N-methyl/N-ethyl adjacent to an activating group) is 3. The quantitative estimate of drug-likeness (QED) is 0.511. The van der Waals surface area contributed by atoms with Crippen LogP contribution in [0.15, 0.2) is 0 Å². The fourth-order valence-electron chi connectivity index (χ4n) is 1.61. The van der Waals surface area contributed by atoms with Crippen molar-refractivity contribution < 1.29 is 19.4 Å². The molecule has 7 nitrogen and oxygen atoms in total. The maximum absolute atomic E-state index is 11.3. The molecule has 0 fully saturated rings. The predicted molar refractivity (Wildman–Crippen MR) is 76.8 cm³/mol. The Hall–Kier alpha value is -1.18. The van der Waals surface area contributed by atoms with E-state index in [1.807, 2.05) is 19.0 Å². The van der Waals surface area contributed by atoms with Crippen LogP contribution in [-0.2, 0) is 14.3 Å². The molecule has 0 saturated carbocycles. The number of carboxylic acids is 1. The second-order valence-corrected chi connectivity index (χ2v) is 4.98. The normalized spacial score (nSPS) is 11.3. The molecule has 0 amide bonds. The SMILES string of the molecule is CCOC(=O)CN(C)CCN(C)CCN(C)CC(=O)O. The van der Waals surface area contributed by atoms with Crippen molar-refractivity contribution in [1.29, 1.82) is 0 Å². The lowest BCUT2D eigenvalue weighted by molar-refractivity contribution is -0.144. The van der Waals surface area contributed by atoms with Crippen LogP contribution in [0.1, 0.15) is 6.92 Å². The number of ether oxygens (including phenoxy) is 1. The van der Waals surface area contributed by atoms with Crippen LogP contribution in [0.2, 0.25) is 0 Å². The highest BCUT2D eigenvalue weighted by Gasteiger charge is 2.09. The molecule has 0 aromatic heterocycles. The second-order valence-electron chi connectivity index (χ2n) is 4.98. The second kappa shape index (κ2) is 10.6. The number of carbonyl (C=O) groups excluding carboxylic acids is 1. The van der Waals surface area contributed by atoms with E-state index in [2.05, 4.69) is 4.90 Å². The summed E-state index contributed by atoms with van der Waals surface area (Å²) in [4.78, 5) is 27.6. The van der Waals surface area contributed by atoms with Gasteiger partial charge in [0.2, 0.25) is 0 Å². The highest BCUT2D eigenvalue weighted by atomic mass is 16.5. The van der Waals surface area contributed by atoms with Gasteiger partial charge in [0.15, 0.2) is 0 Å². The number of aliphatic carboxylic acids is 1. The molecule has 0 radical (unpaired) electrons. The van der Waals surface area contributed by atoms with Crippen molar-refractivity contribution in [1.82, 2.24) is 14.7 Å². The van der Waals surface area contributed by atoms with Crippen LogP contribution < -0.4 is 0 Å². The van der Waals surface area contributed by atoms with Gasteiger partial charge in [0.25, 0.3) is 0 Å². The van der Waals surface area contributed by atoms with Crippen molar-refractivity contribution >= 4 is 11.9 Å². The number of hydrogen-bond donors (Lipinski definition) is 1. The lowest BCUT2D eigenvalue weighted by Gasteiger charge is -2.23. The summed E-state index contributed by atoms with van der Waals surface area (Å²) < 4.78 is 4.88. The van der Waals surface area contributed by atoms with Crippen LogP contribution >= 0.6 is 0 Å². The van der Waals surface area contributed by atoms with Gasteiger partial charge in [-0.25, -0.2) is 0 Å². The van der Waals surface area contributed by atoms with Gasteiger partial charge in [0.05, 0.1) is 19.7 Å².